The van der Waals surface area contributed by atoms with Gasteiger partial charge in [-0.25, -0.2) is 9.18 Å². The first-order valence-electron chi connectivity index (χ1n) is 6.02. The zero-order chi connectivity index (χ0) is 15.3. The minimum absolute atomic E-state index is 0.0626. The number of aliphatic carboxylic acids is 1. The van der Waals surface area contributed by atoms with Gasteiger partial charge in [0.05, 0.1) is 16.1 Å². The molecule has 0 aliphatic rings. The van der Waals surface area contributed by atoms with Crippen molar-refractivity contribution in [3.05, 3.63) is 29.0 Å². The molecule has 0 heterocycles. The van der Waals surface area contributed by atoms with Gasteiger partial charge in [0.25, 0.3) is 0 Å². The number of rotatable bonds is 5. The summed E-state index contributed by atoms with van der Waals surface area (Å²) in [5, 5.41) is 13.7. The summed E-state index contributed by atoms with van der Waals surface area (Å²) in [6.07, 6.45) is 0.355. The predicted octanol–water partition coefficient (Wildman–Crippen LogP) is 3.10. The van der Waals surface area contributed by atoms with Gasteiger partial charge < -0.3 is 15.7 Å². The molecule has 1 atom stereocenters. The van der Waals surface area contributed by atoms with E-state index in [2.05, 4.69) is 10.6 Å². The molecule has 1 rings (SSSR count). The third kappa shape index (κ3) is 3.84. The van der Waals surface area contributed by atoms with Gasteiger partial charge in [-0.2, -0.15) is 0 Å². The molecule has 0 radical (unpaired) electrons. The molecule has 5 nitrogen and oxygen atoms in total. The number of urea groups is 1. The van der Waals surface area contributed by atoms with Crippen LogP contribution in [0.1, 0.15) is 20.3 Å². The summed E-state index contributed by atoms with van der Waals surface area (Å²) in [6, 6.07) is 3.52. The predicted molar refractivity (Wildman–Crippen MR) is 74.5 cm³/mol. The lowest BCUT2D eigenvalue weighted by Gasteiger charge is -2.23. The average Bonchev–Trinajstić information content (AvgIpc) is 2.41. The van der Waals surface area contributed by atoms with Gasteiger partial charge in [-0.1, -0.05) is 24.6 Å². The second-order valence-electron chi connectivity index (χ2n) is 4.63. The molecule has 0 aliphatic heterocycles. The Morgan fingerprint density at radius 3 is 2.65 bits per heavy atom. The van der Waals surface area contributed by atoms with E-state index in [0.717, 1.165) is 0 Å². The molecule has 3 N–H and O–H groups in total. The lowest BCUT2D eigenvalue weighted by atomic mass is 9.88. The SMILES string of the molecule is CCC(C)(CNC(=O)Nc1cccc(Cl)c1F)C(=O)O. The number of anilines is 1. The molecular weight excluding hydrogens is 287 g/mol. The Balaban J connectivity index is 2.65. The van der Waals surface area contributed by atoms with Gasteiger partial charge in [-0.15, -0.1) is 0 Å². The van der Waals surface area contributed by atoms with Crippen LogP contribution in [0.5, 0.6) is 0 Å². The molecule has 0 saturated heterocycles. The Labute approximate surface area is 121 Å². The monoisotopic (exact) mass is 302 g/mol. The zero-order valence-corrected chi connectivity index (χ0v) is 11.9. The first kappa shape index (κ1) is 16.2. The van der Waals surface area contributed by atoms with Crippen LogP contribution in [0.25, 0.3) is 0 Å². The third-order valence-corrected chi connectivity index (χ3v) is 3.43. The van der Waals surface area contributed by atoms with Gasteiger partial charge in [0.15, 0.2) is 5.82 Å². The molecule has 1 unspecified atom stereocenters. The molecule has 0 spiro atoms. The molecule has 110 valence electrons. The maximum absolute atomic E-state index is 13.6. The van der Waals surface area contributed by atoms with E-state index in [9.17, 15) is 14.0 Å². The number of carboxylic acids is 1. The highest BCUT2D eigenvalue weighted by molar-refractivity contribution is 6.31. The number of nitrogens with one attached hydrogen (secondary N) is 2. The van der Waals surface area contributed by atoms with Crippen LogP contribution in [-0.4, -0.2) is 23.7 Å². The van der Waals surface area contributed by atoms with Crippen molar-refractivity contribution in [1.29, 1.82) is 0 Å². The second-order valence-corrected chi connectivity index (χ2v) is 5.04. The number of hydrogen-bond donors (Lipinski definition) is 3. The summed E-state index contributed by atoms with van der Waals surface area (Å²) >= 11 is 5.59. The molecule has 0 fully saturated rings. The standard InChI is InChI=1S/C13H16ClFN2O3/c1-3-13(2,11(18)19)7-16-12(20)17-9-6-4-5-8(14)10(9)15/h4-6H,3,7H2,1-2H3,(H,18,19)(H2,16,17,20). The number of hydrogen-bond acceptors (Lipinski definition) is 2. The van der Waals surface area contributed by atoms with E-state index in [1.165, 1.54) is 25.1 Å². The fourth-order valence-electron chi connectivity index (χ4n) is 1.39. The number of carbonyl (C=O) groups is 2. The van der Waals surface area contributed by atoms with Crippen molar-refractivity contribution < 1.29 is 19.1 Å². The van der Waals surface area contributed by atoms with Crippen molar-refractivity contribution in [2.24, 2.45) is 5.41 Å². The van der Waals surface area contributed by atoms with E-state index < -0.39 is 23.2 Å². The lowest BCUT2D eigenvalue weighted by molar-refractivity contribution is -0.147. The number of carboxylic acid groups (broad SMARTS) is 1. The van der Waals surface area contributed by atoms with Gasteiger partial charge in [-0.3, -0.25) is 4.79 Å². The largest absolute Gasteiger partial charge is 0.481 e. The average molecular weight is 303 g/mol. The zero-order valence-electron chi connectivity index (χ0n) is 11.2. The summed E-state index contributed by atoms with van der Waals surface area (Å²) in [5.41, 5.74) is -1.13. The molecule has 20 heavy (non-hydrogen) atoms. The van der Waals surface area contributed by atoms with E-state index in [1.54, 1.807) is 6.92 Å². The minimum atomic E-state index is -1.07. The van der Waals surface area contributed by atoms with Crippen molar-refractivity contribution in [1.82, 2.24) is 5.32 Å². The van der Waals surface area contributed by atoms with Gasteiger partial charge in [0.1, 0.15) is 0 Å². The van der Waals surface area contributed by atoms with Crippen molar-refractivity contribution in [3.63, 3.8) is 0 Å². The quantitative estimate of drug-likeness (QED) is 0.782. The first-order chi connectivity index (χ1) is 9.30. The van der Waals surface area contributed by atoms with Gasteiger partial charge in [0.2, 0.25) is 0 Å². The Hall–Kier alpha value is -1.82. The summed E-state index contributed by atoms with van der Waals surface area (Å²) in [6.45, 7) is 3.17. The topological polar surface area (TPSA) is 78.4 Å². The molecule has 0 aromatic heterocycles. The number of amides is 2. The van der Waals surface area contributed by atoms with Gasteiger partial charge in [-0.05, 0) is 25.5 Å². The fraction of sp³-hybridized carbons (Fsp3) is 0.385. The summed E-state index contributed by atoms with van der Waals surface area (Å²) in [4.78, 5) is 22.7. The molecule has 0 aliphatic carbocycles. The van der Waals surface area contributed by atoms with Crippen molar-refractivity contribution in [2.45, 2.75) is 20.3 Å². The Kier molecular flexibility index (Phi) is 5.33. The van der Waals surface area contributed by atoms with E-state index in [-0.39, 0.29) is 17.3 Å². The number of halogens is 2. The number of benzene rings is 1. The first-order valence-corrected chi connectivity index (χ1v) is 6.40. The summed E-state index contributed by atoms with van der Waals surface area (Å²) < 4.78 is 13.6. The molecular formula is C13H16ClFN2O3. The maximum Gasteiger partial charge on any atom is 0.319 e. The highest BCUT2D eigenvalue weighted by Gasteiger charge is 2.31. The second kappa shape index (κ2) is 6.56. The van der Waals surface area contributed by atoms with E-state index >= 15 is 0 Å². The molecule has 2 amide bonds. The van der Waals surface area contributed by atoms with Crippen molar-refractivity contribution in [2.75, 3.05) is 11.9 Å². The van der Waals surface area contributed by atoms with E-state index in [4.69, 9.17) is 16.7 Å². The molecule has 7 heteroatoms. The molecule has 0 saturated carbocycles. The number of carbonyl (C=O) groups excluding carboxylic acids is 1. The Morgan fingerprint density at radius 2 is 2.10 bits per heavy atom. The minimum Gasteiger partial charge on any atom is -0.481 e. The smallest absolute Gasteiger partial charge is 0.319 e. The summed E-state index contributed by atoms with van der Waals surface area (Å²) in [7, 11) is 0. The molecule has 0 bridgehead atoms. The summed E-state index contributed by atoms with van der Waals surface area (Å²) in [5.74, 6) is -1.74. The normalized spacial score (nSPS) is 13.4. The highest BCUT2D eigenvalue weighted by Crippen LogP contribution is 2.22. The van der Waals surface area contributed by atoms with Gasteiger partial charge in [0, 0.05) is 6.54 Å². The van der Waals surface area contributed by atoms with Crippen LogP contribution >= 0.6 is 11.6 Å². The van der Waals surface area contributed by atoms with Crippen LogP contribution in [0.4, 0.5) is 14.9 Å². The van der Waals surface area contributed by atoms with Crippen LogP contribution < -0.4 is 10.6 Å². The maximum atomic E-state index is 13.6. The lowest BCUT2D eigenvalue weighted by Crippen LogP contribution is -2.42. The third-order valence-electron chi connectivity index (χ3n) is 3.14. The Morgan fingerprint density at radius 1 is 1.45 bits per heavy atom. The van der Waals surface area contributed by atoms with Crippen LogP contribution in [0, 0.1) is 11.2 Å². The van der Waals surface area contributed by atoms with E-state index in [1.807, 2.05) is 0 Å². The van der Waals surface area contributed by atoms with Crippen LogP contribution in [-0.2, 0) is 4.79 Å². The molecule has 1 aromatic carbocycles. The van der Waals surface area contributed by atoms with Gasteiger partial charge >= 0.3 is 12.0 Å². The van der Waals surface area contributed by atoms with Crippen LogP contribution in [0.3, 0.4) is 0 Å². The Bertz CT molecular complexity index is 524. The van der Waals surface area contributed by atoms with Crippen molar-refractivity contribution in [3.8, 4) is 0 Å². The molecule has 1 aromatic rings. The van der Waals surface area contributed by atoms with Crippen molar-refractivity contribution >= 4 is 29.3 Å². The van der Waals surface area contributed by atoms with E-state index in [0.29, 0.717) is 6.42 Å². The fourth-order valence-corrected chi connectivity index (χ4v) is 1.57. The van der Waals surface area contributed by atoms with Crippen LogP contribution in [0.15, 0.2) is 18.2 Å². The highest BCUT2D eigenvalue weighted by atomic mass is 35.5. The van der Waals surface area contributed by atoms with Crippen LogP contribution in [0.2, 0.25) is 5.02 Å².